The number of likely N-dealkylation sites (tertiary alicyclic amines) is 1. The summed E-state index contributed by atoms with van der Waals surface area (Å²) in [5.41, 5.74) is 6.39. The van der Waals surface area contributed by atoms with Gasteiger partial charge in [0.25, 0.3) is 5.91 Å². The first-order chi connectivity index (χ1) is 9.90. The number of carbonyl (C=O) groups is 1. The molecule has 2 atom stereocenters. The second kappa shape index (κ2) is 8.18. The number of hydrogen-bond acceptors (Lipinski definition) is 3. The maximum Gasteiger partial charge on any atom is 0.254 e. The van der Waals surface area contributed by atoms with E-state index in [0.717, 1.165) is 17.4 Å². The molecule has 1 aliphatic heterocycles. The van der Waals surface area contributed by atoms with Crippen LogP contribution in [0.25, 0.3) is 0 Å². The summed E-state index contributed by atoms with van der Waals surface area (Å²) in [4.78, 5) is 14.6. The lowest BCUT2D eigenvalue weighted by molar-refractivity contribution is 0.0742. The number of amides is 1. The minimum atomic E-state index is 0. The van der Waals surface area contributed by atoms with E-state index in [1.807, 2.05) is 36.9 Å². The zero-order valence-electron chi connectivity index (χ0n) is 13.2. The fourth-order valence-corrected chi connectivity index (χ4v) is 3.26. The number of rotatable bonds is 4. The average molecular weight is 392 g/mol. The fourth-order valence-electron chi connectivity index (χ4n) is 2.79. The van der Waals surface area contributed by atoms with Gasteiger partial charge in [-0.15, -0.1) is 12.4 Å². The maximum atomic E-state index is 12.7. The minimum absolute atomic E-state index is 0. The molecule has 1 fully saturated rings. The third-order valence-corrected chi connectivity index (χ3v) is 4.20. The van der Waals surface area contributed by atoms with Crippen LogP contribution in [0.4, 0.5) is 0 Å². The van der Waals surface area contributed by atoms with E-state index < -0.39 is 0 Å². The van der Waals surface area contributed by atoms with Gasteiger partial charge in [-0.25, -0.2) is 0 Å². The highest BCUT2D eigenvalue weighted by Crippen LogP contribution is 2.27. The van der Waals surface area contributed by atoms with Gasteiger partial charge in [-0.3, -0.25) is 4.79 Å². The highest BCUT2D eigenvalue weighted by Gasteiger charge is 2.32. The van der Waals surface area contributed by atoms with Crippen LogP contribution in [0.5, 0.6) is 5.75 Å². The fraction of sp³-hybridized carbons (Fsp3) is 0.562. The first-order valence-electron chi connectivity index (χ1n) is 7.39. The minimum Gasteiger partial charge on any atom is -0.491 e. The molecule has 124 valence electrons. The van der Waals surface area contributed by atoms with Crippen molar-refractivity contribution in [1.82, 2.24) is 4.90 Å². The Morgan fingerprint density at radius 2 is 2.14 bits per heavy atom. The van der Waals surface area contributed by atoms with E-state index >= 15 is 0 Å². The van der Waals surface area contributed by atoms with E-state index in [9.17, 15) is 4.79 Å². The monoisotopic (exact) mass is 390 g/mol. The Morgan fingerprint density at radius 3 is 2.68 bits per heavy atom. The molecule has 4 nitrogen and oxygen atoms in total. The van der Waals surface area contributed by atoms with Crippen LogP contribution in [-0.4, -0.2) is 36.0 Å². The zero-order valence-corrected chi connectivity index (χ0v) is 15.6. The van der Waals surface area contributed by atoms with Gasteiger partial charge in [-0.2, -0.15) is 0 Å². The van der Waals surface area contributed by atoms with Gasteiger partial charge in [0, 0.05) is 22.6 Å². The SMILES string of the molecule is CC(C)Oc1cc(Br)cc(C(=O)N2CC(CN)CC2C)c1.Cl. The molecule has 1 aliphatic rings. The van der Waals surface area contributed by atoms with Gasteiger partial charge < -0.3 is 15.4 Å². The first kappa shape index (κ1) is 19.3. The van der Waals surface area contributed by atoms with E-state index in [1.54, 1.807) is 0 Å². The van der Waals surface area contributed by atoms with E-state index in [4.69, 9.17) is 10.5 Å². The Bertz CT molecular complexity index is 525. The number of carbonyl (C=O) groups excluding carboxylic acids is 1. The van der Waals surface area contributed by atoms with Crippen molar-refractivity contribution in [3.8, 4) is 5.75 Å². The van der Waals surface area contributed by atoms with Gasteiger partial charge in [0.2, 0.25) is 0 Å². The molecule has 1 aromatic carbocycles. The third kappa shape index (κ3) is 4.61. The van der Waals surface area contributed by atoms with Crippen LogP contribution < -0.4 is 10.5 Å². The average Bonchev–Trinajstić information content (AvgIpc) is 2.77. The molecule has 0 bridgehead atoms. The van der Waals surface area contributed by atoms with E-state index in [2.05, 4.69) is 22.9 Å². The molecule has 0 aliphatic carbocycles. The van der Waals surface area contributed by atoms with Crippen LogP contribution >= 0.6 is 28.3 Å². The van der Waals surface area contributed by atoms with Crippen LogP contribution in [0.2, 0.25) is 0 Å². The molecule has 0 saturated carbocycles. The summed E-state index contributed by atoms with van der Waals surface area (Å²) in [6.45, 7) is 7.39. The molecule has 6 heteroatoms. The summed E-state index contributed by atoms with van der Waals surface area (Å²) in [5, 5.41) is 0. The molecule has 2 rings (SSSR count). The molecule has 1 heterocycles. The second-order valence-electron chi connectivity index (χ2n) is 5.99. The number of ether oxygens (including phenoxy) is 1. The molecule has 1 amide bonds. The van der Waals surface area contributed by atoms with Crippen molar-refractivity contribution < 1.29 is 9.53 Å². The highest BCUT2D eigenvalue weighted by molar-refractivity contribution is 9.10. The Hall–Kier alpha value is -0.780. The summed E-state index contributed by atoms with van der Waals surface area (Å²) in [5.74, 6) is 1.17. The quantitative estimate of drug-likeness (QED) is 0.855. The van der Waals surface area contributed by atoms with Crippen LogP contribution in [-0.2, 0) is 0 Å². The maximum absolute atomic E-state index is 12.7. The lowest BCUT2D eigenvalue weighted by Crippen LogP contribution is -2.34. The summed E-state index contributed by atoms with van der Waals surface area (Å²) < 4.78 is 6.55. The Kier molecular flexibility index (Phi) is 7.16. The molecule has 0 spiro atoms. The van der Waals surface area contributed by atoms with Crippen LogP contribution in [0.3, 0.4) is 0 Å². The molecule has 22 heavy (non-hydrogen) atoms. The first-order valence-corrected chi connectivity index (χ1v) is 8.18. The summed E-state index contributed by atoms with van der Waals surface area (Å²) in [6.07, 6.45) is 1.06. The standard InChI is InChI=1S/C16H23BrN2O2.ClH/c1-10(2)21-15-6-13(5-14(17)7-15)16(20)19-9-12(8-18)4-11(19)3;/h5-7,10-12H,4,8-9,18H2,1-3H3;1H. The Balaban J connectivity index is 0.00000242. The normalized spacial score (nSPS) is 20.9. The predicted molar refractivity (Wildman–Crippen MR) is 94.8 cm³/mol. The number of halogens is 2. The van der Waals surface area contributed by atoms with Gasteiger partial charge in [-0.05, 0) is 57.9 Å². The van der Waals surface area contributed by atoms with Crippen LogP contribution in [0, 0.1) is 5.92 Å². The highest BCUT2D eigenvalue weighted by atomic mass is 79.9. The molecule has 0 radical (unpaired) electrons. The van der Waals surface area contributed by atoms with E-state index in [1.165, 1.54) is 0 Å². The van der Waals surface area contributed by atoms with Crippen molar-refractivity contribution >= 4 is 34.2 Å². The van der Waals surface area contributed by atoms with Crippen molar-refractivity contribution in [3.05, 3.63) is 28.2 Å². The van der Waals surface area contributed by atoms with Gasteiger partial charge in [0.1, 0.15) is 5.75 Å². The lowest BCUT2D eigenvalue weighted by atomic mass is 10.1. The smallest absolute Gasteiger partial charge is 0.254 e. The number of nitrogens with two attached hydrogens (primary N) is 1. The van der Waals surface area contributed by atoms with Gasteiger partial charge in [0.05, 0.1) is 6.10 Å². The Morgan fingerprint density at radius 1 is 1.45 bits per heavy atom. The predicted octanol–water partition coefficient (Wildman–Crippen LogP) is 3.47. The molecule has 2 unspecified atom stereocenters. The Labute approximate surface area is 146 Å². The van der Waals surface area contributed by atoms with Crippen molar-refractivity contribution in [3.63, 3.8) is 0 Å². The van der Waals surface area contributed by atoms with Crippen molar-refractivity contribution in [2.24, 2.45) is 11.7 Å². The van der Waals surface area contributed by atoms with Crippen LogP contribution in [0.1, 0.15) is 37.6 Å². The van der Waals surface area contributed by atoms with Gasteiger partial charge >= 0.3 is 0 Å². The van der Waals surface area contributed by atoms with Crippen molar-refractivity contribution in [2.75, 3.05) is 13.1 Å². The molecular weight excluding hydrogens is 368 g/mol. The molecule has 1 aromatic rings. The number of benzene rings is 1. The topological polar surface area (TPSA) is 55.6 Å². The molecular formula is C16H24BrClN2O2. The van der Waals surface area contributed by atoms with E-state index in [0.29, 0.717) is 23.8 Å². The molecule has 1 saturated heterocycles. The van der Waals surface area contributed by atoms with Crippen molar-refractivity contribution in [2.45, 2.75) is 39.3 Å². The third-order valence-electron chi connectivity index (χ3n) is 3.75. The van der Waals surface area contributed by atoms with Gasteiger partial charge in [0.15, 0.2) is 0 Å². The lowest BCUT2D eigenvalue weighted by Gasteiger charge is -2.22. The number of hydrogen-bond donors (Lipinski definition) is 1. The second-order valence-corrected chi connectivity index (χ2v) is 6.90. The van der Waals surface area contributed by atoms with Gasteiger partial charge in [-0.1, -0.05) is 15.9 Å². The zero-order chi connectivity index (χ0) is 15.6. The van der Waals surface area contributed by atoms with Crippen molar-refractivity contribution in [1.29, 1.82) is 0 Å². The van der Waals surface area contributed by atoms with Crippen LogP contribution in [0.15, 0.2) is 22.7 Å². The summed E-state index contributed by atoms with van der Waals surface area (Å²) >= 11 is 3.45. The number of nitrogens with zero attached hydrogens (tertiary/aromatic N) is 1. The van der Waals surface area contributed by atoms with E-state index in [-0.39, 0.29) is 30.5 Å². The summed E-state index contributed by atoms with van der Waals surface area (Å²) in [7, 11) is 0. The summed E-state index contributed by atoms with van der Waals surface area (Å²) in [6, 6.07) is 5.78. The largest absolute Gasteiger partial charge is 0.491 e. The molecule has 0 aromatic heterocycles. The molecule has 2 N–H and O–H groups in total.